The van der Waals surface area contributed by atoms with Crippen LogP contribution in [0, 0.1) is 0 Å². The van der Waals surface area contributed by atoms with Crippen LogP contribution >= 0.6 is 0 Å². The van der Waals surface area contributed by atoms with Crippen LogP contribution in [0.2, 0.25) is 0 Å². The smallest absolute Gasteiger partial charge is 0.137 e. The summed E-state index contributed by atoms with van der Waals surface area (Å²) in [5.74, 6) is 2.35. The number of aromatic nitrogens is 3. The van der Waals surface area contributed by atoms with Gasteiger partial charge in [0, 0.05) is 13.1 Å². The Balaban J connectivity index is 1.36. The van der Waals surface area contributed by atoms with Gasteiger partial charge in [-0.25, -0.2) is 4.98 Å². The minimum absolute atomic E-state index is 0.565. The number of nitrogens with zero attached hydrogens (tertiary/aromatic N) is 4. The van der Waals surface area contributed by atoms with Crippen molar-refractivity contribution in [1.82, 2.24) is 19.7 Å². The molecule has 0 spiro atoms. The van der Waals surface area contributed by atoms with Crippen LogP contribution in [0.15, 0.2) is 67.3 Å². The first-order valence-corrected chi connectivity index (χ1v) is 8.74. The van der Waals surface area contributed by atoms with Crippen LogP contribution in [0.4, 0.5) is 0 Å². The number of hydrogen-bond acceptors (Lipinski definition) is 4. The molecule has 25 heavy (non-hydrogen) atoms. The van der Waals surface area contributed by atoms with Crippen molar-refractivity contribution >= 4 is 0 Å². The van der Waals surface area contributed by atoms with Crippen LogP contribution in [0.25, 0.3) is 0 Å². The van der Waals surface area contributed by atoms with Crippen molar-refractivity contribution in [2.75, 3.05) is 19.6 Å². The third kappa shape index (κ3) is 4.06. The molecule has 0 N–H and O–H groups in total. The van der Waals surface area contributed by atoms with Gasteiger partial charge in [-0.3, -0.25) is 4.68 Å². The maximum atomic E-state index is 5.97. The van der Waals surface area contributed by atoms with Crippen LogP contribution in [0.5, 0.6) is 11.5 Å². The molecule has 0 amide bonds. The van der Waals surface area contributed by atoms with E-state index in [4.69, 9.17) is 4.74 Å². The molecule has 1 aliphatic heterocycles. The SMILES string of the molecule is c1ccc(Oc2cccc(C3CCN(CCn4cncn4)C3)c2)cc1. The zero-order valence-electron chi connectivity index (χ0n) is 14.2. The third-order valence-corrected chi connectivity index (χ3v) is 4.69. The van der Waals surface area contributed by atoms with Crippen molar-refractivity contribution in [3.05, 3.63) is 72.8 Å². The van der Waals surface area contributed by atoms with Crippen LogP contribution in [-0.4, -0.2) is 39.3 Å². The zero-order valence-corrected chi connectivity index (χ0v) is 14.2. The van der Waals surface area contributed by atoms with Crippen LogP contribution in [-0.2, 0) is 6.54 Å². The fourth-order valence-electron chi connectivity index (χ4n) is 3.36. The Morgan fingerprint density at radius 1 is 1.00 bits per heavy atom. The van der Waals surface area contributed by atoms with Gasteiger partial charge in [0.25, 0.3) is 0 Å². The summed E-state index contributed by atoms with van der Waals surface area (Å²) in [6.45, 7) is 4.12. The second-order valence-corrected chi connectivity index (χ2v) is 6.43. The molecule has 0 aliphatic carbocycles. The molecule has 2 aromatic carbocycles. The fourth-order valence-corrected chi connectivity index (χ4v) is 3.36. The van der Waals surface area contributed by atoms with E-state index in [0.717, 1.165) is 37.7 Å². The first-order chi connectivity index (χ1) is 12.4. The Kier molecular flexibility index (Phi) is 4.74. The van der Waals surface area contributed by atoms with Gasteiger partial charge in [0.15, 0.2) is 0 Å². The van der Waals surface area contributed by atoms with Crippen LogP contribution in [0.3, 0.4) is 0 Å². The minimum atomic E-state index is 0.565. The summed E-state index contributed by atoms with van der Waals surface area (Å²) in [6.07, 6.45) is 4.55. The molecule has 5 nitrogen and oxygen atoms in total. The number of hydrogen-bond donors (Lipinski definition) is 0. The van der Waals surface area contributed by atoms with Crippen molar-refractivity contribution < 1.29 is 4.74 Å². The maximum Gasteiger partial charge on any atom is 0.137 e. The third-order valence-electron chi connectivity index (χ3n) is 4.69. The highest BCUT2D eigenvalue weighted by atomic mass is 16.5. The molecule has 1 aliphatic rings. The summed E-state index contributed by atoms with van der Waals surface area (Å²) < 4.78 is 7.86. The largest absolute Gasteiger partial charge is 0.457 e. The molecule has 0 saturated carbocycles. The van der Waals surface area contributed by atoms with E-state index in [0.29, 0.717) is 5.92 Å². The van der Waals surface area contributed by atoms with E-state index in [2.05, 4.69) is 33.2 Å². The quantitative estimate of drug-likeness (QED) is 0.691. The molecule has 1 unspecified atom stereocenters. The van der Waals surface area contributed by atoms with Crippen molar-refractivity contribution in [3.63, 3.8) is 0 Å². The second-order valence-electron chi connectivity index (χ2n) is 6.43. The first kappa shape index (κ1) is 15.8. The van der Waals surface area contributed by atoms with Crippen LogP contribution < -0.4 is 4.74 Å². The van der Waals surface area contributed by atoms with Gasteiger partial charge in [0.1, 0.15) is 24.2 Å². The molecule has 1 aromatic heterocycles. The zero-order chi connectivity index (χ0) is 16.9. The summed E-state index contributed by atoms with van der Waals surface area (Å²) in [5, 5.41) is 4.17. The monoisotopic (exact) mass is 334 g/mol. The van der Waals surface area contributed by atoms with Crippen molar-refractivity contribution in [1.29, 1.82) is 0 Å². The number of rotatable bonds is 6. The standard InChI is InChI=1S/C20H22N4O/c1-2-6-19(7-3-1)25-20-8-4-5-17(13-20)18-9-10-23(14-18)11-12-24-16-21-15-22-24/h1-8,13,15-16,18H,9-12,14H2. The average molecular weight is 334 g/mol. The summed E-state index contributed by atoms with van der Waals surface area (Å²) in [6, 6.07) is 18.4. The lowest BCUT2D eigenvalue weighted by molar-refractivity contribution is 0.311. The Labute approximate surface area is 147 Å². The normalized spacial score (nSPS) is 17.7. The lowest BCUT2D eigenvalue weighted by Gasteiger charge is -2.16. The summed E-state index contributed by atoms with van der Waals surface area (Å²) in [5.41, 5.74) is 1.36. The van der Waals surface area contributed by atoms with E-state index >= 15 is 0 Å². The lowest BCUT2D eigenvalue weighted by atomic mass is 9.98. The van der Waals surface area contributed by atoms with Crippen molar-refractivity contribution in [2.45, 2.75) is 18.9 Å². The molecule has 1 atom stereocenters. The number of ether oxygens (including phenoxy) is 1. The van der Waals surface area contributed by atoms with E-state index in [1.54, 1.807) is 12.7 Å². The molecule has 5 heteroatoms. The highest BCUT2D eigenvalue weighted by Gasteiger charge is 2.23. The number of benzene rings is 2. The Hall–Kier alpha value is -2.66. The van der Waals surface area contributed by atoms with E-state index < -0.39 is 0 Å². The molecule has 128 valence electrons. The summed E-state index contributed by atoms with van der Waals surface area (Å²) in [7, 11) is 0. The molecule has 1 saturated heterocycles. The highest BCUT2D eigenvalue weighted by molar-refractivity contribution is 5.35. The maximum absolute atomic E-state index is 5.97. The molecule has 1 fully saturated rings. The van der Waals surface area contributed by atoms with Crippen molar-refractivity contribution in [2.24, 2.45) is 0 Å². The number of likely N-dealkylation sites (tertiary alicyclic amines) is 1. The molecule has 0 radical (unpaired) electrons. The first-order valence-electron chi connectivity index (χ1n) is 8.74. The van der Waals surface area contributed by atoms with E-state index in [1.807, 2.05) is 41.1 Å². The summed E-state index contributed by atoms with van der Waals surface area (Å²) in [4.78, 5) is 6.49. The van der Waals surface area contributed by atoms with Gasteiger partial charge in [0.05, 0.1) is 6.54 Å². The minimum Gasteiger partial charge on any atom is -0.457 e. The predicted octanol–water partition coefficient (Wildman–Crippen LogP) is 3.56. The fraction of sp³-hybridized carbons (Fsp3) is 0.300. The Morgan fingerprint density at radius 2 is 1.88 bits per heavy atom. The van der Waals surface area contributed by atoms with Gasteiger partial charge in [0.2, 0.25) is 0 Å². The molecule has 0 bridgehead atoms. The van der Waals surface area contributed by atoms with Gasteiger partial charge in [-0.2, -0.15) is 5.10 Å². The molecular weight excluding hydrogens is 312 g/mol. The van der Waals surface area contributed by atoms with Crippen molar-refractivity contribution in [3.8, 4) is 11.5 Å². The van der Waals surface area contributed by atoms with E-state index in [-0.39, 0.29) is 0 Å². The predicted molar refractivity (Wildman–Crippen MR) is 96.8 cm³/mol. The topological polar surface area (TPSA) is 43.2 Å². The molecular formula is C20H22N4O. The van der Waals surface area contributed by atoms with Gasteiger partial charge in [-0.1, -0.05) is 30.3 Å². The Bertz CT molecular complexity index is 788. The average Bonchev–Trinajstić information content (AvgIpc) is 3.33. The van der Waals surface area contributed by atoms with E-state index in [9.17, 15) is 0 Å². The van der Waals surface area contributed by atoms with Gasteiger partial charge in [-0.15, -0.1) is 0 Å². The molecule has 4 rings (SSSR count). The highest BCUT2D eigenvalue weighted by Crippen LogP contribution is 2.30. The van der Waals surface area contributed by atoms with Gasteiger partial charge < -0.3 is 9.64 Å². The second kappa shape index (κ2) is 7.49. The summed E-state index contributed by atoms with van der Waals surface area (Å²) >= 11 is 0. The van der Waals surface area contributed by atoms with Crippen LogP contribution in [0.1, 0.15) is 17.9 Å². The number of para-hydroxylation sites is 1. The molecule has 2 heterocycles. The van der Waals surface area contributed by atoms with E-state index in [1.165, 1.54) is 12.0 Å². The van der Waals surface area contributed by atoms with Gasteiger partial charge >= 0.3 is 0 Å². The lowest BCUT2D eigenvalue weighted by Crippen LogP contribution is -2.25. The Morgan fingerprint density at radius 3 is 2.72 bits per heavy atom. The molecule has 3 aromatic rings. The van der Waals surface area contributed by atoms with Gasteiger partial charge in [-0.05, 0) is 48.7 Å².